The van der Waals surface area contributed by atoms with E-state index in [1.807, 2.05) is 32.0 Å². The summed E-state index contributed by atoms with van der Waals surface area (Å²) in [7, 11) is 0. The van der Waals surface area contributed by atoms with Crippen molar-refractivity contribution in [2.24, 2.45) is 5.92 Å². The van der Waals surface area contributed by atoms with Crippen LogP contribution in [0.4, 0.5) is 5.69 Å². The van der Waals surface area contributed by atoms with Crippen LogP contribution in [-0.2, 0) is 33.8 Å². The lowest BCUT2D eigenvalue weighted by atomic mass is 10.0. The van der Waals surface area contributed by atoms with Gasteiger partial charge in [0.15, 0.2) is 0 Å². The average Bonchev–Trinajstić information content (AvgIpc) is 3.39. The number of carbonyl (C=O) groups is 3. The number of nitrogens with zero attached hydrogens (tertiary/aromatic N) is 2. The molecule has 4 rings (SSSR count). The normalized spacial score (nSPS) is 20.7. The van der Waals surface area contributed by atoms with E-state index in [1.54, 1.807) is 11.0 Å². The Hall–Kier alpha value is -3.16. The summed E-state index contributed by atoms with van der Waals surface area (Å²) in [5, 5.41) is 9.59. The molecule has 0 fully saturated rings. The number of aryl methyl sites for hydroxylation is 1. The fraction of sp³-hybridized carbons (Fsp3) is 0.478. The van der Waals surface area contributed by atoms with Crippen LogP contribution in [0, 0.1) is 5.92 Å². The van der Waals surface area contributed by atoms with E-state index >= 15 is 0 Å². The lowest BCUT2D eigenvalue weighted by Gasteiger charge is -2.28. The molecule has 2 aromatic rings. The molecule has 164 valence electrons. The van der Waals surface area contributed by atoms with Crippen molar-refractivity contribution in [2.45, 2.75) is 64.6 Å². The zero-order chi connectivity index (χ0) is 22.0. The van der Waals surface area contributed by atoms with E-state index in [0.717, 1.165) is 23.2 Å². The Morgan fingerprint density at radius 1 is 1.29 bits per heavy atom. The Labute approximate surface area is 181 Å². The van der Waals surface area contributed by atoms with E-state index in [-0.39, 0.29) is 30.2 Å². The molecule has 3 amide bonds. The summed E-state index contributed by atoms with van der Waals surface area (Å²) in [5.41, 5.74) is 3.46. The first kappa shape index (κ1) is 21.1. The maximum Gasteiger partial charge on any atom is 0.250 e. The van der Waals surface area contributed by atoms with Gasteiger partial charge in [-0.15, -0.1) is 0 Å². The Bertz CT molecular complexity index is 972. The predicted octanol–water partition coefficient (Wildman–Crippen LogP) is 2.12. The van der Waals surface area contributed by atoms with E-state index < -0.39 is 12.1 Å². The molecule has 3 atom stereocenters. The number of anilines is 1. The van der Waals surface area contributed by atoms with Crippen LogP contribution in [0.5, 0.6) is 0 Å². The average molecular weight is 425 g/mol. The van der Waals surface area contributed by atoms with Crippen molar-refractivity contribution in [2.75, 3.05) is 4.90 Å². The van der Waals surface area contributed by atoms with Crippen LogP contribution < -0.4 is 15.5 Å². The molecule has 1 aromatic carbocycles. The first-order chi connectivity index (χ1) is 15.0. The molecule has 8 heteroatoms. The minimum atomic E-state index is -0.650. The van der Waals surface area contributed by atoms with Crippen molar-refractivity contribution in [3.05, 3.63) is 47.3 Å². The van der Waals surface area contributed by atoms with Gasteiger partial charge in [0, 0.05) is 18.9 Å². The third-order valence-electron chi connectivity index (χ3n) is 6.21. The Morgan fingerprint density at radius 2 is 2.10 bits per heavy atom. The number of rotatable bonds is 7. The topological polar surface area (TPSA) is 105 Å². The first-order valence-corrected chi connectivity index (χ1v) is 10.9. The number of para-hydroxylation sites is 1. The number of amides is 3. The molecule has 31 heavy (non-hydrogen) atoms. The first-order valence-electron chi connectivity index (χ1n) is 10.9. The standard InChI is InChI=1S/C23H28N4O4/c1-3-14(2)11-20(28)25-18-8-7-15-5-4-6-16-12-19(27(21(15)16)23(18)30)22(29)24-13-17-9-10-31-26-17/h4-6,9-10,14,18-19H,3,7-8,11-13H2,1-2H3,(H,24,29)(H,25,28). The molecule has 3 unspecified atom stereocenters. The fourth-order valence-corrected chi connectivity index (χ4v) is 4.31. The van der Waals surface area contributed by atoms with Crippen LogP contribution in [0.25, 0.3) is 0 Å². The minimum Gasteiger partial charge on any atom is -0.364 e. The van der Waals surface area contributed by atoms with Gasteiger partial charge in [-0.2, -0.15) is 0 Å². The largest absolute Gasteiger partial charge is 0.364 e. The Morgan fingerprint density at radius 3 is 2.84 bits per heavy atom. The molecule has 3 heterocycles. The quantitative estimate of drug-likeness (QED) is 0.708. The zero-order valence-electron chi connectivity index (χ0n) is 17.9. The van der Waals surface area contributed by atoms with Crippen LogP contribution in [0.15, 0.2) is 35.1 Å². The number of hydrogen-bond acceptors (Lipinski definition) is 5. The Kier molecular flexibility index (Phi) is 6.06. The monoisotopic (exact) mass is 424 g/mol. The minimum absolute atomic E-state index is 0.120. The molecule has 1 aromatic heterocycles. The van der Waals surface area contributed by atoms with Gasteiger partial charge in [-0.3, -0.25) is 19.3 Å². The molecule has 0 spiro atoms. The third-order valence-corrected chi connectivity index (χ3v) is 6.21. The van der Waals surface area contributed by atoms with Crippen molar-refractivity contribution in [1.82, 2.24) is 15.8 Å². The van der Waals surface area contributed by atoms with Crippen LogP contribution in [0.2, 0.25) is 0 Å². The summed E-state index contributed by atoms with van der Waals surface area (Å²) in [6, 6.07) is 6.32. The second-order valence-corrected chi connectivity index (χ2v) is 8.44. The van der Waals surface area contributed by atoms with E-state index in [0.29, 0.717) is 31.4 Å². The highest BCUT2D eigenvalue weighted by molar-refractivity contribution is 6.07. The number of aromatic nitrogens is 1. The van der Waals surface area contributed by atoms with Crippen molar-refractivity contribution in [1.29, 1.82) is 0 Å². The zero-order valence-corrected chi connectivity index (χ0v) is 17.9. The van der Waals surface area contributed by atoms with Gasteiger partial charge in [-0.1, -0.05) is 43.6 Å². The maximum absolute atomic E-state index is 13.5. The van der Waals surface area contributed by atoms with E-state index in [4.69, 9.17) is 4.52 Å². The SMILES string of the molecule is CCC(C)CC(=O)NC1CCc2cccc3c2N(C1=O)C(C(=O)NCc1ccon1)C3. The molecule has 2 aliphatic heterocycles. The molecule has 2 aliphatic rings. The molecule has 8 nitrogen and oxygen atoms in total. The third kappa shape index (κ3) is 4.33. The predicted molar refractivity (Wildman–Crippen MR) is 114 cm³/mol. The molecule has 0 saturated heterocycles. The van der Waals surface area contributed by atoms with Gasteiger partial charge in [0.1, 0.15) is 24.0 Å². The second kappa shape index (κ2) is 8.91. The number of hydrogen-bond donors (Lipinski definition) is 2. The van der Waals surface area contributed by atoms with Crippen molar-refractivity contribution in [3.63, 3.8) is 0 Å². The summed E-state index contributed by atoms with van der Waals surface area (Å²) in [4.78, 5) is 40.6. The summed E-state index contributed by atoms with van der Waals surface area (Å²) >= 11 is 0. The number of nitrogens with one attached hydrogen (secondary N) is 2. The highest BCUT2D eigenvalue weighted by atomic mass is 16.5. The van der Waals surface area contributed by atoms with Crippen LogP contribution in [0.1, 0.15) is 49.9 Å². The van der Waals surface area contributed by atoms with Gasteiger partial charge in [-0.25, -0.2) is 0 Å². The highest BCUT2D eigenvalue weighted by Crippen LogP contribution is 2.39. The van der Waals surface area contributed by atoms with Crippen LogP contribution in [-0.4, -0.2) is 35.0 Å². The van der Waals surface area contributed by atoms with Gasteiger partial charge < -0.3 is 15.2 Å². The lowest BCUT2D eigenvalue weighted by molar-refractivity contribution is -0.129. The molecular weight excluding hydrogens is 396 g/mol. The van der Waals surface area contributed by atoms with Gasteiger partial charge in [-0.05, 0) is 29.9 Å². The van der Waals surface area contributed by atoms with Crippen molar-refractivity contribution >= 4 is 23.4 Å². The van der Waals surface area contributed by atoms with Gasteiger partial charge in [0.25, 0.3) is 0 Å². The lowest BCUT2D eigenvalue weighted by Crippen LogP contribution is -2.54. The summed E-state index contributed by atoms with van der Waals surface area (Å²) in [6.45, 7) is 4.29. The van der Waals surface area contributed by atoms with Crippen LogP contribution >= 0.6 is 0 Å². The number of benzene rings is 1. The van der Waals surface area contributed by atoms with E-state index in [9.17, 15) is 14.4 Å². The molecule has 0 bridgehead atoms. The second-order valence-electron chi connectivity index (χ2n) is 8.44. The fourth-order valence-electron chi connectivity index (χ4n) is 4.31. The van der Waals surface area contributed by atoms with Crippen molar-refractivity contribution < 1.29 is 18.9 Å². The van der Waals surface area contributed by atoms with Gasteiger partial charge >= 0.3 is 0 Å². The van der Waals surface area contributed by atoms with Crippen LogP contribution in [0.3, 0.4) is 0 Å². The molecule has 0 aliphatic carbocycles. The summed E-state index contributed by atoms with van der Waals surface area (Å²) < 4.78 is 4.80. The molecule has 0 saturated carbocycles. The summed E-state index contributed by atoms with van der Waals surface area (Å²) in [6.07, 6.45) is 4.39. The smallest absolute Gasteiger partial charge is 0.250 e. The molecule has 0 radical (unpaired) electrons. The van der Waals surface area contributed by atoms with E-state index in [1.165, 1.54) is 6.26 Å². The summed E-state index contributed by atoms with van der Waals surface area (Å²) in [5.74, 6) is -0.329. The molecule has 2 N–H and O–H groups in total. The maximum atomic E-state index is 13.5. The van der Waals surface area contributed by atoms with Gasteiger partial charge in [0.2, 0.25) is 17.7 Å². The highest BCUT2D eigenvalue weighted by Gasteiger charge is 2.43. The van der Waals surface area contributed by atoms with Crippen molar-refractivity contribution in [3.8, 4) is 0 Å². The van der Waals surface area contributed by atoms with E-state index in [2.05, 4.69) is 15.8 Å². The Balaban J connectivity index is 1.55. The molecular formula is C23H28N4O4. The number of carbonyl (C=O) groups excluding carboxylic acids is 3. The van der Waals surface area contributed by atoms with Gasteiger partial charge in [0.05, 0.1) is 12.2 Å².